The summed E-state index contributed by atoms with van der Waals surface area (Å²) in [4.78, 5) is 34.4. The quantitative estimate of drug-likeness (QED) is 0.377. The van der Waals surface area contributed by atoms with Gasteiger partial charge in [-0.05, 0) is 43.0 Å². The van der Waals surface area contributed by atoms with Crippen molar-refractivity contribution in [3.8, 4) is 0 Å². The Kier molecular flexibility index (Phi) is 7.78. The molecule has 0 saturated heterocycles. The Morgan fingerprint density at radius 2 is 1.79 bits per heavy atom. The lowest BCUT2D eigenvalue weighted by Crippen LogP contribution is -2.31. The van der Waals surface area contributed by atoms with E-state index < -0.39 is 5.97 Å². The average Bonchev–Trinajstić information content (AvgIpc) is 2.85. The molecule has 8 heteroatoms. The Labute approximate surface area is 197 Å². The van der Waals surface area contributed by atoms with Gasteiger partial charge in [0.05, 0.1) is 16.8 Å². The number of nitrogen functional groups attached to an aromatic ring is 1. The molecular formula is C25H28N4O3S. The van der Waals surface area contributed by atoms with E-state index in [1.807, 2.05) is 36.4 Å². The maximum absolute atomic E-state index is 12.7. The van der Waals surface area contributed by atoms with Crippen molar-refractivity contribution in [1.29, 1.82) is 0 Å². The minimum Gasteiger partial charge on any atom is -0.454 e. The van der Waals surface area contributed by atoms with E-state index in [0.29, 0.717) is 33.5 Å². The van der Waals surface area contributed by atoms with E-state index in [0.717, 1.165) is 11.9 Å². The summed E-state index contributed by atoms with van der Waals surface area (Å²) < 4.78 is 5.46. The first-order valence-corrected chi connectivity index (χ1v) is 12.3. The van der Waals surface area contributed by atoms with Gasteiger partial charge in [0.2, 0.25) is 5.91 Å². The molecular weight excluding hydrogens is 436 g/mol. The average molecular weight is 465 g/mol. The first kappa shape index (κ1) is 23.0. The number of fused-ring (bicyclic) bond motifs is 1. The number of rotatable bonds is 8. The monoisotopic (exact) mass is 464 g/mol. The molecule has 0 bridgehead atoms. The molecule has 3 aromatic rings. The van der Waals surface area contributed by atoms with E-state index in [-0.39, 0.29) is 18.3 Å². The summed E-state index contributed by atoms with van der Waals surface area (Å²) in [5.41, 5.74) is 7.12. The third-order valence-electron chi connectivity index (χ3n) is 5.79. The van der Waals surface area contributed by atoms with Gasteiger partial charge in [0, 0.05) is 16.8 Å². The van der Waals surface area contributed by atoms with Crippen LogP contribution in [0.15, 0.2) is 53.4 Å². The number of para-hydroxylation sites is 1. The van der Waals surface area contributed by atoms with Crippen LogP contribution in [0, 0.1) is 5.92 Å². The molecule has 1 saturated carbocycles. The second kappa shape index (κ2) is 11.1. The van der Waals surface area contributed by atoms with Crippen molar-refractivity contribution in [1.82, 2.24) is 15.3 Å². The maximum atomic E-state index is 12.7. The molecule has 172 valence electrons. The molecule has 33 heavy (non-hydrogen) atoms. The van der Waals surface area contributed by atoms with Gasteiger partial charge >= 0.3 is 5.97 Å². The number of hydrogen-bond acceptors (Lipinski definition) is 7. The van der Waals surface area contributed by atoms with Crippen LogP contribution in [0.3, 0.4) is 0 Å². The SMILES string of the molecule is Nc1nc(COC(=O)c2ccccc2SCC(=O)NCC2CCCCC2)nc2ccccc12. The highest BCUT2D eigenvalue weighted by Crippen LogP contribution is 2.25. The van der Waals surface area contributed by atoms with Gasteiger partial charge in [-0.15, -0.1) is 11.8 Å². The molecule has 7 nitrogen and oxygen atoms in total. The molecule has 0 aliphatic heterocycles. The van der Waals surface area contributed by atoms with Crippen molar-refractivity contribution in [2.75, 3.05) is 18.0 Å². The molecule has 1 heterocycles. The fourth-order valence-electron chi connectivity index (χ4n) is 4.03. The van der Waals surface area contributed by atoms with E-state index in [9.17, 15) is 9.59 Å². The van der Waals surface area contributed by atoms with E-state index in [2.05, 4.69) is 15.3 Å². The molecule has 0 radical (unpaired) electrons. The van der Waals surface area contributed by atoms with Crippen LogP contribution >= 0.6 is 11.8 Å². The standard InChI is InChI=1S/C25H28N4O3S/c26-24-18-10-4-6-12-20(18)28-22(29-24)15-32-25(31)19-11-5-7-13-21(19)33-16-23(30)27-14-17-8-2-1-3-9-17/h4-7,10-13,17H,1-3,8-9,14-16H2,(H,27,30)(H2,26,28,29). The number of thioether (sulfide) groups is 1. The van der Waals surface area contributed by atoms with Crippen LogP contribution in [0.4, 0.5) is 5.82 Å². The highest BCUT2D eigenvalue weighted by atomic mass is 32.2. The van der Waals surface area contributed by atoms with Crippen molar-refractivity contribution < 1.29 is 14.3 Å². The smallest absolute Gasteiger partial charge is 0.339 e. The van der Waals surface area contributed by atoms with E-state index in [4.69, 9.17) is 10.5 Å². The van der Waals surface area contributed by atoms with Crippen LogP contribution in [-0.2, 0) is 16.1 Å². The number of nitrogens with zero attached hydrogens (tertiary/aromatic N) is 2. The van der Waals surface area contributed by atoms with Crippen molar-refractivity contribution >= 4 is 40.4 Å². The lowest BCUT2D eigenvalue weighted by molar-refractivity contribution is -0.118. The first-order valence-electron chi connectivity index (χ1n) is 11.3. The number of aromatic nitrogens is 2. The van der Waals surface area contributed by atoms with Crippen LogP contribution in [0.2, 0.25) is 0 Å². The number of carbonyl (C=O) groups is 2. The maximum Gasteiger partial charge on any atom is 0.339 e. The van der Waals surface area contributed by atoms with E-state index >= 15 is 0 Å². The van der Waals surface area contributed by atoms with Gasteiger partial charge in [0.15, 0.2) is 12.4 Å². The fourth-order valence-corrected chi connectivity index (χ4v) is 4.90. The lowest BCUT2D eigenvalue weighted by Gasteiger charge is -2.21. The summed E-state index contributed by atoms with van der Waals surface area (Å²) in [7, 11) is 0. The third kappa shape index (κ3) is 6.22. The van der Waals surface area contributed by atoms with E-state index in [1.54, 1.807) is 12.1 Å². The molecule has 4 rings (SSSR count). The second-order valence-corrected chi connectivity index (χ2v) is 9.23. The van der Waals surface area contributed by atoms with Crippen LogP contribution in [0.5, 0.6) is 0 Å². The number of hydrogen-bond donors (Lipinski definition) is 2. The van der Waals surface area contributed by atoms with Crippen LogP contribution in [0.25, 0.3) is 10.9 Å². The number of carbonyl (C=O) groups excluding carboxylic acids is 2. The molecule has 1 amide bonds. The Hall–Kier alpha value is -3.13. The van der Waals surface area contributed by atoms with Crippen LogP contribution in [0.1, 0.15) is 48.3 Å². The Bertz CT molecular complexity index is 1130. The summed E-state index contributed by atoms with van der Waals surface area (Å²) in [5.74, 6) is 1.01. The zero-order valence-electron chi connectivity index (χ0n) is 18.5. The van der Waals surface area contributed by atoms with Crippen molar-refractivity contribution in [2.45, 2.75) is 43.6 Å². The summed E-state index contributed by atoms with van der Waals surface area (Å²) in [5, 5.41) is 3.79. The van der Waals surface area contributed by atoms with Crippen molar-refractivity contribution in [2.24, 2.45) is 5.92 Å². The van der Waals surface area contributed by atoms with E-state index in [1.165, 1.54) is 43.9 Å². The molecule has 2 aromatic carbocycles. The Morgan fingerprint density at radius 3 is 2.64 bits per heavy atom. The van der Waals surface area contributed by atoms with Crippen LogP contribution < -0.4 is 11.1 Å². The largest absolute Gasteiger partial charge is 0.454 e. The fraction of sp³-hybridized carbons (Fsp3) is 0.360. The summed E-state index contributed by atoms with van der Waals surface area (Å²) in [6.07, 6.45) is 6.18. The number of amides is 1. The number of nitrogens with one attached hydrogen (secondary N) is 1. The van der Waals surface area contributed by atoms with Gasteiger partial charge < -0.3 is 15.8 Å². The highest BCUT2D eigenvalue weighted by Gasteiger charge is 2.17. The minimum atomic E-state index is -0.490. The van der Waals surface area contributed by atoms with Crippen molar-refractivity contribution in [3.63, 3.8) is 0 Å². The number of benzene rings is 2. The highest BCUT2D eigenvalue weighted by molar-refractivity contribution is 8.00. The molecule has 1 aliphatic rings. The normalized spacial score (nSPS) is 14.2. The molecule has 1 aliphatic carbocycles. The first-order chi connectivity index (χ1) is 16.1. The molecule has 0 spiro atoms. The zero-order valence-corrected chi connectivity index (χ0v) is 19.3. The molecule has 3 N–H and O–H groups in total. The predicted molar refractivity (Wildman–Crippen MR) is 130 cm³/mol. The number of anilines is 1. The number of nitrogens with two attached hydrogens (primary N) is 1. The van der Waals surface area contributed by atoms with Gasteiger partial charge in [0.1, 0.15) is 5.82 Å². The second-order valence-electron chi connectivity index (χ2n) is 8.21. The number of esters is 1. The number of ether oxygens (including phenoxy) is 1. The van der Waals surface area contributed by atoms with Gasteiger partial charge in [-0.2, -0.15) is 0 Å². The van der Waals surface area contributed by atoms with Crippen molar-refractivity contribution in [3.05, 3.63) is 59.9 Å². The molecule has 0 atom stereocenters. The minimum absolute atomic E-state index is 0.0196. The third-order valence-corrected chi connectivity index (χ3v) is 6.86. The zero-order chi connectivity index (χ0) is 23.0. The lowest BCUT2D eigenvalue weighted by atomic mass is 9.89. The summed E-state index contributed by atoms with van der Waals surface area (Å²) >= 11 is 1.33. The molecule has 1 fully saturated rings. The molecule has 1 aromatic heterocycles. The van der Waals surface area contributed by atoms with Gasteiger partial charge in [-0.1, -0.05) is 43.5 Å². The predicted octanol–water partition coefficient (Wildman–Crippen LogP) is 4.36. The van der Waals surface area contributed by atoms with Gasteiger partial charge in [-0.3, -0.25) is 4.79 Å². The van der Waals surface area contributed by atoms with Gasteiger partial charge in [0.25, 0.3) is 0 Å². The van der Waals surface area contributed by atoms with Gasteiger partial charge in [-0.25, -0.2) is 14.8 Å². The Morgan fingerprint density at radius 1 is 1.03 bits per heavy atom. The summed E-state index contributed by atoms with van der Waals surface area (Å²) in [6, 6.07) is 14.5. The summed E-state index contributed by atoms with van der Waals surface area (Å²) in [6.45, 7) is 0.646. The van der Waals surface area contributed by atoms with Crippen LogP contribution in [-0.4, -0.2) is 34.1 Å². The molecule has 0 unspecified atom stereocenters. The Balaban J connectivity index is 1.32. The topological polar surface area (TPSA) is 107 Å².